The van der Waals surface area contributed by atoms with Crippen molar-refractivity contribution < 1.29 is 0 Å². The van der Waals surface area contributed by atoms with Gasteiger partial charge in [-0.15, -0.1) is 0 Å². The maximum atomic E-state index is 5.77. The third-order valence-corrected chi connectivity index (χ3v) is 5.55. The van der Waals surface area contributed by atoms with Crippen LogP contribution in [0.2, 0.25) is 0 Å². The van der Waals surface area contributed by atoms with E-state index in [0.29, 0.717) is 17.9 Å². The molecule has 0 amide bonds. The molecule has 0 radical (unpaired) electrons. The van der Waals surface area contributed by atoms with Crippen LogP contribution in [0.15, 0.2) is 24.7 Å². The second-order valence-corrected chi connectivity index (χ2v) is 7.31. The highest BCUT2D eigenvalue weighted by Gasteiger charge is 2.34. The third-order valence-electron chi connectivity index (χ3n) is 5.55. The van der Waals surface area contributed by atoms with Crippen LogP contribution in [0.4, 0.5) is 0 Å². The van der Waals surface area contributed by atoms with Crippen LogP contribution in [-0.4, -0.2) is 31.1 Å². The zero-order valence-corrected chi connectivity index (χ0v) is 13.9. The topological polar surface area (TPSA) is 74.5 Å². The number of hydrogen-bond acceptors (Lipinski definition) is 4. The Kier molecular flexibility index (Phi) is 3.03. The van der Waals surface area contributed by atoms with Crippen molar-refractivity contribution in [3.63, 3.8) is 0 Å². The fraction of sp³-hybridized carbons (Fsp3) is 0.500. The van der Waals surface area contributed by atoms with Crippen molar-refractivity contribution in [3.8, 4) is 11.3 Å². The van der Waals surface area contributed by atoms with E-state index >= 15 is 0 Å². The summed E-state index contributed by atoms with van der Waals surface area (Å²) in [5.41, 5.74) is 10.3. The van der Waals surface area contributed by atoms with Crippen molar-refractivity contribution in [1.82, 2.24) is 24.5 Å². The van der Waals surface area contributed by atoms with Crippen LogP contribution in [0, 0.1) is 5.92 Å². The molecule has 0 spiro atoms. The van der Waals surface area contributed by atoms with E-state index in [1.807, 2.05) is 24.1 Å². The number of pyridine rings is 1. The lowest BCUT2D eigenvalue weighted by atomic mass is 9.80. The SMILES string of the molecule is Cn1ncc2cnc(-c3cn(C4CC(CN)C4)nc3C3CC3)cc21. The van der Waals surface area contributed by atoms with E-state index in [1.165, 1.54) is 24.1 Å². The number of aryl methyl sites for hydroxylation is 1. The summed E-state index contributed by atoms with van der Waals surface area (Å²) >= 11 is 0. The predicted octanol–water partition coefficient (Wildman–Crippen LogP) is 2.62. The van der Waals surface area contributed by atoms with Crippen molar-refractivity contribution in [3.05, 3.63) is 30.4 Å². The summed E-state index contributed by atoms with van der Waals surface area (Å²) in [4.78, 5) is 4.68. The minimum Gasteiger partial charge on any atom is -0.330 e. The number of fused-ring (bicyclic) bond motifs is 1. The number of rotatable bonds is 4. The quantitative estimate of drug-likeness (QED) is 0.801. The minimum atomic E-state index is 0.505. The molecule has 0 aromatic carbocycles. The maximum Gasteiger partial charge on any atom is 0.0758 e. The van der Waals surface area contributed by atoms with Gasteiger partial charge < -0.3 is 5.73 Å². The Morgan fingerprint density at radius 2 is 2.08 bits per heavy atom. The largest absolute Gasteiger partial charge is 0.330 e. The fourth-order valence-corrected chi connectivity index (χ4v) is 3.75. The van der Waals surface area contributed by atoms with Gasteiger partial charge >= 0.3 is 0 Å². The van der Waals surface area contributed by atoms with Crippen molar-refractivity contribution >= 4 is 10.9 Å². The van der Waals surface area contributed by atoms with Gasteiger partial charge in [0.25, 0.3) is 0 Å². The molecule has 2 aliphatic carbocycles. The zero-order valence-electron chi connectivity index (χ0n) is 13.9. The normalized spacial score (nSPS) is 23.6. The van der Waals surface area contributed by atoms with Crippen molar-refractivity contribution in [2.75, 3.05) is 6.54 Å². The van der Waals surface area contributed by atoms with Crippen LogP contribution >= 0.6 is 0 Å². The molecule has 3 aromatic heterocycles. The van der Waals surface area contributed by atoms with Gasteiger partial charge in [-0.2, -0.15) is 10.2 Å². The van der Waals surface area contributed by atoms with Gasteiger partial charge in [-0.3, -0.25) is 14.3 Å². The lowest BCUT2D eigenvalue weighted by molar-refractivity contribution is 0.189. The lowest BCUT2D eigenvalue weighted by Gasteiger charge is -2.34. The summed E-state index contributed by atoms with van der Waals surface area (Å²) in [6, 6.07) is 2.64. The molecule has 5 rings (SSSR count). The van der Waals surface area contributed by atoms with Crippen LogP contribution in [0.25, 0.3) is 22.2 Å². The van der Waals surface area contributed by atoms with Gasteiger partial charge in [0, 0.05) is 36.3 Å². The van der Waals surface area contributed by atoms with Gasteiger partial charge in [0.2, 0.25) is 0 Å². The highest BCUT2D eigenvalue weighted by Crippen LogP contribution is 2.45. The van der Waals surface area contributed by atoms with E-state index in [4.69, 9.17) is 10.8 Å². The molecule has 0 atom stereocenters. The average molecular weight is 322 g/mol. The van der Waals surface area contributed by atoms with Crippen molar-refractivity contribution in [2.24, 2.45) is 18.7 Å². The minimum absolute atomic E-state index is 0.505. The summed E-state index contributed by atoms with van der Waals surface area (Å²) in [5, 5.41) is 10.3. The molecule has 2 saturated carbocycles. The zero-order chi connectivity index (χ0) is 16.3. The molecule has 6 nitrogen and oxygen atoms in total. The fourth-order valence-electron chi connectivity index (χ4n) is 3.75. The van der Waals surface area contributed by atoms with Crippen LogP contribution in [0.1, 0.15) is 43.3 Å². The first-order chi connectivity index (χ1) is 11.7. The van der Waals surface area contributed by atoms with Gasteiger partial charge in [-0.05, 0) is 44.2 Å². The van der Waals surface area contributed by atoms with Gasteiger partial charge in [0.15, 0.2) is 0 Å². The summed E-state index contributed by atoms with van der Waals surface area (Å²) in [7, 11) is 1.97. The third kappa shape index (κ3) is 2.17. The van der Waals surface area contributed by atoms with Gasteiger partial charge in [-0.25, -0.2) is 0 Å². The Bertz CT molecular complexity index is 898. The molecule has 2 aliphatic rings. The Hall–Kier alpha value is -2.21. The van der Waals surface area contributed by atoms with Crippen LogP contribution < -0.4 is 5.73 Å². The molecule has 3 aromatic rings. The van der Waals surface area contributed by atoms with E-state index in [-0.39, 0.29) is 0 Å². The van der Waals surface area contributed by atoms with Crippen LogP contribution in [0.5, 0.6) is 0 Å². The first kappa shape index (κ1) is 14.2. The lowest BCUT2D eigenvalue weighted by Crippen LogP contribution is -2.32. The van der Waals surface area contributed by atoms with E-state index in [0.717, 1.165) is 36.0 Å². The molecule has 3 heterocycles. The Balaban J connectivity index is 1.55. The Labute approximate surface area is 140 Å². The first-order valence-corrected chi connectivity index (χ1v) is 8.80. The molecule has 2 N–H and O–H groups in total. The van der Waals surface area contributed by atoms with Gasteiger partial charge in [0.05, 0.1) is 29.1 Å². The van der Waals surface area contributed by atoms with Gasteiger partial charge in [-0.1, -0.05) is 0 Å². The Morgan fingerprint density at radius 1 is 1.25 bits per heavy atom. The molecular formula is C18H22N6. The number of nitrogens with zero attached hydrogens (tertiary/aromatic N) is 5. The van der Waals surface area contributed by atoms with Crippen LogP contribution in [-0.2, 0) is 7.05 Å². The summed E-state index contributed by atoms with van der Waals surface area (Å²) < 4.78 is 4.07. The summed E-state index contributed by atoms with van der Waals surface area (Å²) in [6.45, 7) is 0.790. The molecule has 124 valence electrons. The molecule has 0 bridgehead atoms. The smallest absolute Gasteiger partial charge is 0.0758 e. The monoisotopic (exact) mass is 322 g/mol. The highest BCUT2D eigenvalue weighted by atomic mass is 15.3. The number of nitrogens with two attached hydrogens (primary N) is 1. The van der Waals surface area contributed by atoms with E-state index in [2.05, 4.69) is 27.0 Å². The molecule has 0 unspecified atom stereocenters. The van der Waals surface area contributed by atoms with Gasteiger partial charge in [0.1, 0.15) is 0 Å². The molecular weight excluding hydrogens is 300 g/mol. The first-order valence-electron chi connectivity index (χ1n) is 8.80. The van der Waals surface area contributed by atoms with E-state index in [9.17, 15) is 0 Å². The van der Waals surface area contributed by atoms with Crippen molar-refractivity contribution in [1.29, 1.82) is 0 Å². The number of hydrogen-bond donors (Lipinski definition) is 1. The molecule has 2 fully saturated rings. The van der Waals surface area contributed by atoms with E-state index < -0.39 is 0 Å². The predicted molar refractivity (Wildman–Crippen MR) is 92.5 cm³/mol. The molecule has 6 heteroatoms. The average Bonchev–Trinajstić information content (AvgIpc) is 3.21. The summed E-state index contributed by atoms with van der Waals surface area (Å²) in [6.07, 6.45) is 10.8. The second kappa shape index (κ2) is 5.14. The van der Waals surface area contributed by atoms with Crippen molar-refractivity contribution in [2.45, 2.75) is 37.6 Å². The molecule has 24 heavy (non-hydrogen) atoms. The van der Waals surface area contributed by atoms with Crippen LogP contribution in [0.3, 0.4) is 0 Å². The molecule has 0 saturated heterocycles. The second-order valence-electron chi connectivity index (χ2n) is 7.31. The standard InChI is InChI=1S/C18H22N6/c1-23-17-6-16(20-8-13(17)9-21-23)15-10-24(14-4-11(5-14)7-19)22-18(15)12-2-3-12/h6,8-12,14H,2-5,7,19H2,1H3. The molecule has 0 aliphatic heterocycles. The van der Waals surface area contributed by atoms with E-state index in [1.54, 1.807) is 0 Å². The summed E-state index contributed by atoms with van der Waals surface area (Å²) in [5.74, 6) is 1.27. The highest BCUT2D eigenvalue weighted by molar-refractivity contribution is 5.82. The Morgan fingerprint density at radius 3 is 2.83 bits per heavy atom. The number of aromatic nitrogens is 5. The maximum absolute atomic E-state index is 5.77.